The SMILES string of the molecule is CCOC(CCNC(=O)C(C)(COC)COC)OCC. The molecule has 0 saturated carbocycles. The number of amides is 1. The standard InChI is InChI=1S/C14H29NO5/c1-6-19-12(20-7-2)8-9-15-13(16)14(3,10-17-4)11-18-5/h12H,6-11H2,1-5H3,(H,15,16). The second-order valence-electron chi connectivity index (χ2n) is 4.81. The minimum Gasteiger partial charge on any atom is -0.383 e. The number of carbonyl (C=O) groups is 1. The van der Waals surface area contributed by atoms with E-state index in [1.807, 2.05) is 20.8 Å². The average molecular weight is 291 g/mol. The van der Waals surface area contributed by atoms with Gasteiger partial charge in [-0.05, 0) is 20.8 Å². The Labute approximate surface area is 122 Å². The van der Waals surface area contributed by atoms with Gasteiger partial charge in [-0.15, -0.1) is 0 Å². The fraction of sp³-hybridized carbons (Fsp3) is 0.929. The molecule has 0 aliphatic heterocycles. The molecule has 0 saturated heterocycles. The summed E-state index contributed by atoms with van der Waals surface area (Å²) < 4.78 is 21.0. The first-order chi connectivity index (χ1) is 9.53. The molecule has 0 bridgehead atoms. The van der Waals surface area contributed by atoms with Crippen LogP contribution < -0.4 is 5.32 Å². The van der Waals surface area contributed by atoms with E-state index in [0.717, 1.165) is 0 Å². The molecule has 0 unspecified atom stereocenters. The molecular weight excluding hydrogens is 262 g/mol. The maximum Gasteiger partial charge on any atom is 0.230 e. The fourth-order valence-corrected chi connectivity index (χ4v) is 1.91. The van der Waals surface area contributed by atoms with Gasteiger partial charge in [-0.1, -0.05) is 0 Å². The number of hydrogen-bond donors (Lipinski definition) is 1. The quantitative estimate of drug-likeness (QED) is 0.547. The molecule has 6 nitrogen and oxygen atoms in total. The summed E-state index contributed by atoms with van der Waals surface area (Å²) in [5.41, 5.74) is -0.684. The predicted molar refractivity (Wildman–Crippen MR) is 76.5 cm³/mol. The largest absolute Gasteiger partial charge is 0.383 e. The second-order valence-corrected chi connectivity index (χ2v) is 4.81. The van der Waals surface area contributed by atoms with Gasteiger partial charge in [0.25, 0.3) is 0 Å². The average Bonchev–Trinajstić information content (AvgIpc) is 2.39. The first kappa shape index (κ1) is 19.3. The van der Waals surface area contributed by atoms with Crippen LogP contribution in [0.3, 0.4) is 0 Å². The normalized spacial score (nSPS) is 11.9. The fourth-order valence-electron chi connectivity index (χ4n) is 1.91. The van der Waals surface area contributed by atoms with Crippen LogP contribution >= 0.6 is 0 Å². The maximum atomic E-state index is 12.2. The van der Waals surface area contributed by atoms with E-state index in [-0.39, 0.29) is 12.2 Å². The Kier molecular flexibility index (Phi) is 10.6. The van der Waals surface area contributed by atoms with Gasteiger partial charge >= 0.3 is 0 Å². The van der Waals surface area contributed by atoms with Gasteiger partial charge in [0.2, 0.25) is 5.91 Å². The minimum atomic E-state index is -0.684. The van der Waals surface area contributed by atoms with Gasteiger partial charge in [0, 0.05) is 40.4 Å². The Hall–Kier alpha value is -0.690. The van der Waals surface area contributed by atoms with Crippen molar-refractivity contribution in [2.24, 2.45) is 5.41 Å². The van der Waals surface area contributed by atoms with Crippen molar-refractivity contribution >= 4 is 5.91 Å². The van der Waals surface area contributed by atoms with E-state index < -0.39 is 5.41 Å². The van der Waals surface area contributed by atoms with E-state index in [0.29, 0.717) is 39.4 Å². The van der Waals surface area contributed by atoms with Gasteiger partial charge in [-0.25, -0.2) is 0 Å². The lowest BCUT2D eigenvalue weighted by Gasteiger charge is -2.27. The van der Waals surface area contributed by atoms with E-state index in [1.165, 1.54) is 0 Å². The van der Waals surface area contributed by atoms with Crippen molar-refractivity contribution in [3.05, 3.63) is 0 Å². The van der Waals surface area contributed by atoms with Gasteiger partial charge in [0.15, 0.2) is 6.29 Å². The molecule has 0 aromatic carbocycles. The van der Waals surface area contributed by atoms with E-state index in [4.69, 9.17) is 18.9 Å². The summed E-state index contributed by atoms with van der Waals surface area (Å²) in [5, 5.41) is 2.88. The summed E-state index contributed by atoms with van der Waals surface area (Å²) in [4.78, 5) is 12.2. The third kappa shape index (κ3) is 7.19. The summed E-state index contributed by atoms with van der Waals surface area (Å²) in [6.07, 6.45) is 0.338. The molecule has 0 spiro atoms. The van der Waals surface area contributed by atoms with Crippen molar-refractivity contribution in [2.75, 3.05) is 47.2 Å². The first-order valence-corrected chi connectivity index (χ1v) is 7.03. The lowest BCUT2D eigenvalue weighted by molar-refractivity contribution is -0.143. The van der Waals surface area contributed by atoms with Crippen LogP contribution in [0.25, 0.3) is 0 Å². The molecule has 0 aromatic heterocycles. The van der Waals surface area contributed by atoms with E-state index in [2.05, 4.69) is 5.32 Å². The van der Waals surface area contributed by atoms with Gasteiger partial charge in [-0.2, -0.15) is 0 Å². The zero-order valence-electron chi connectivity index (χ0n) is 13.4. The lowest BCUT2D eigenvalue weighted by atomic mass is 9.91. The van der Waals surface area contributed by atoms with Gasteiger partial charge < -0.3 is 24.3 Å². The number of ether oxygens (including phenoxy) is 4. The van der Waals surface area contributed by atoms with Crippen LogP contribution in [0.4, 0.5) is 0 Å². The van der Waals surface area contributed by atoms with Gasteiger partial charge in [0.1, 0.15) is 0 Å². The molecule has 1 amide bonds. The Morgan fingerprint density at radius 1 is 1.10 bits per heavy atom. The summed E-state index contributed by atoms with van der Waals surface area (Å²) in [6.45, 7) is 7.94. The van der Waals surface area contributed by atoms with Crippen LogP contribution in [-0.2, 0) is 23.7 Å². The lowest BCUT2D eigenvalue weighted by Crippen LogP contribution is -2.45. The van der Waals surface area contributed by atoms with Crippen LogP contribution in [0.5, 0.6) is 0 Å². The van der Waals surface area contributed by atoms with Crippen LogP contribution in [-0.4, -0.2) is 59.4 Å². The van der Waals surface area contributed by atoms with Crippen molar-refractivity contribution < 1.29 is 23.7 Å². The summed E-state index contributed by atoms with van der Waals surface area (Å²) >= 11 is 0. The van der Waals surface area contributed by atoms with Crippen molar-refractivity contribution in [3.63, 3.8) is 0 Å². The third-order valence-corrected chi connectivity index (χ3v) is 2.84. The van der Waals surface area contributed by atoms with E-state index in [9.17, 15) is 4.79 Å². The van der Waals surface area contributed by atoms with Crippen molar-refractivity contribution in [3.8, 4) is 0 Å². The maximum absolute atomic E-state index is 12.2. The molecule has 1 N–H and O–H groups in total. The molecule has 0 aliphatic carbocycles. The summed E-state index contributed by atoms with van der Waals surface area (Å²) in [7, 11) is 3.14. The van der Waals surface area contributed by atoms with E-state index >= 15 is 0 Å². The Balaban J connectivity index is 4.23. The third-order valence-electron chi connectivity index (χ3n) is 2.84. The number of nitrogens with one attached hydrogen (secondary N) is 1. The van der Waals surface area contributed by atoms with Gasteiger partial charge in [-0.3, -0.25) is 4.79 Å². The molecule has 0 aliphatic rings. The molecule has 0 aromatic rings. The highest BCUT2D eigenvalue weighted by molar-refractivity contribution is 5.82. The van der Waals surface area contributed by atoms with Crippen LogP contribution in [0.15, 0.2) is 0 Å². The Morgan fingerprint density at radius 2 is 1.60 bits per heavy atom. The second kappa shape index (κ2) is 11.0. The number of rotatable bonds is 12. The highest BCUT2D eigenvalue weighted by Gasteiger charge is 2.33. The molecule has 0 fully saturated rings. The number of hydrogen-bond acceptors (Lipinski definition) is 5. The highest BCUT2D eigenvalue weighted by atomic mass is 16.7. The monoisotopic (exact) mass is 291 g/mol. The topological polar surface area (TPSA) is 66.0 Å². The summed E-state index contributed by atoms with van der Waals surface area (Å²) in [5.74, 6) is -0.0899. The van der Waals surface area contributed by atoms with Crippen molar-refractivity contribution in [2.45, 2.75) is 33.5 Å². The van der Waals surface area contributed by atoms with Crippen molar-refractivity contribution in [1.82, 2.24) is 5.32 Å². The smallest absolute Gasteiger partial charge is 0.230 e. The van der Waals surface area contributed by atoms with Crippen molar-refractivity contribution in [1.29, 1.82) is 0 Å². The van der Waals surface area contributed by atoms with Crippen LogP contribution in [0.1, 0.15) is 27.2 Å². The predicted octanol–water partition coefficient (Wildman–Crippen LogP) is 1.19. The number of methoxy groups -OCH3 is 2. The zero-order valence-corrected chi connectivity index (χ0v) is 13.4. The molecule has 0 radical (unpaired) electrons. The Bertz CT molecular complexity index is 248. The summed E-state index contributed by atoms with van der Waals surface area (Å²) in [6, 6.07) is 0. The molecule has 0 atom stereocenters. The molecule has 6 heteroatoms. The number of carbonyl (C=O) groups excluding carboxylic acids is 1. The molecule has 0 rings (SSSR count). The highest BCUT2D eigenvalue weighted by Crippen LogP contribution is 2.17. The van der Waals surface area contributed by atoms with Crippen LogP contribution in [0, 0.1) is 5.41 Å². The Morgan fingerprint density at radius 3 is 2.00 bits per heavy atom. The molecule has 120 valence electrons. The minimum absolute atomic E-state index is 0.0899. The van der Waals surface area contributed by atoms with Gasteiger partial charge in [0.05, 0.1) is 18.6 Å². The van der Waals surface area contributed by atoms with E-state index in [1.54, 1.807) is 14.2 Å². The zero-order chi connectivity index (χ0) is 15.4. The molecule has 20 heavy (non-hydrogen) atoms. The molecular formula is C14H29NO5. The first-order valence-electron chi connectivity index (χ1n) is 7.03. The van der Waals surface area contributed by atoms with Crippen LogP contribution in [0.2, 0.25) is 0 Å². The molecule has 0 heterocycles.